The van der Waals surface area contributed by atoms with Gasteiger partial charge >= 0.3 is 0 Å². The number of ether oxygens (including phenoxy) is 1. The topological polar surface area (TPSA) is 75.0 Å². The van der Waals surface area contributed by atoms with Gasteiger partial charge in [-0.15, -0.1) is 11.3 Å². The minimum atomic E-state index is -0.229. The zero-order chi connectivity index (χ0) is 20.8. The maximum Gasteiger partial charge on any atom is 0.262 e. The first-order chi connectivity index (χ1) is 14.7. The summed E-state index contributed by atoms with van der Waals surface area (Å²) in [4.78, 5) is 16.5. The molecular weight excluding hydrogens is 394 g/mol. The number of nitriles is 1. The Balaban J connectivity index is 1.41. The molecule has 0 fully saturated rings. The molecular formula is C24H17N3O2S. The van der Waals surface area contributed by atoms with Gasteiger partial charge in [-0.1, -0.05) is 42.5 Å². The van der Waals surface area contributed by atoms with Gasteiger partial charge < -0.3 is 10.1 Å². The van der Waals surface area contributed by atoms with E-state index >= 15 is 0 Å². The maximum atomic E-state index is 12.0. The average molecular weight is 411 g/mol. The molecule has 0 saturated heterocycles. The van der Waals surface area contributed by atoms with Gasteiger partial charge in [-0.05, 0) is 48.0 Å². The molecule has 1 heterocycles. The summed E-state index contributed by atoms with van der Waals surface area (Å²) in [5, 5.41) is 13.0. The highest BCUT2D eigenvalue weighted by Crippen LogP contribution is 2.28. The van der Waals surface area contributed by atoms with Gasteiger partial charge in [0.1, 0.15) is 16.8 Å². The normalized spacial score (nSPS) is 11.1. The van der Waals surface area contributed by atoms with Crippen LogP contribution in [-0.2, 0) is 4.79 Å². The van der Waals surface area contributed by atoms with E-state index in [1.807, 2.05) is 66.7 Å². The van der Waals surface area contributed by atoms with Gasteiger partial charge in [0.25, 0.3) is 5.91 Å². The monoisotopic (exact) mass is 411 g/mol. The molecule has 0 aliphatic rings. The molecule has 1 amide bonds. The second kappa shape index (κ2) is 9.03. The summed E-state index contributed by atoms with van der Waals surface area (Å²) in [5.74, 6) is 0.349. The Bertz CT molecular complexity index is 1210. The maximum absolute atomic E-state index is 12.0. The molecule has 0 saturated carbocycles. The fraction of sp³-hybridized carbons (Fsp3) is 0.0417. The zero-order valence-corrected chi connectivity index (χ0v) is 16.7. The molecule has 3 aromatic carbocycles. The van der Waals surface area contributed by atoms with Gasteiger partial charge in [0.15, 0.2) is 6.61 Å². The lowest BCUT2D eigenvalue weighted by Crippen LogP contribution is -2.20. The molecule has 0 radical (unpaired) electrons. The number of anilines is 1. The number of rotatable bonds is 6. The predicted molar refractivity (Wildman–Crippen MR) is 120 cm³/mol. The summed E-state index contributed by atoms with van der Waals surface area (Å²) in [6.07, 6.45) is 1.80. The Morgan fingerprint density at radius 3 is 2.50 bits per heavy atom. The number of thiazole rings is 1. The molecule has 6 heteroatoms. The lowest BCUT2D eigenvalue weighted by atomic mass is 10.1. The second-order valence-corrected chi connectivity index (χ2v) is 7.46. The predicted octanol–water partition coefficient (Wildman–Crippen LogP) is 5.38. The molecule has 146 valence electrons. The van der Waals surface area contributed by atoms with Gasteiger partial charge in [-0.25, -0.2) is 4.98 Å². The third-order valence-electron chi connectivity index (χ3n) is 4.26. The van der Waals surface area contributed by atoms with Crippen molar-refractivity contribution in [3.63, 3.8) is 0 Å². The van der Waals surface area contributed by atoms with Crippen LogP contribution in [0.4, 0.5) is 5.69 Å². The fourth-order valence-electron chi connectivity index (χ4n) is 2.82. The Hall–Kier alpha value is -3.95. The smallest absolute Gasteiger partial charge is 0.262 e. The molecule has 30 heavy (non-hydrogen) atoms. The number of hydrogen-bond acceptors (Lipinski definition) is 5. The standard InChI is InChI=1S/C24H17N3O2S/c25-15-18(24-27-21-8-4-5-9-22(21)30-24)14-17-10-12-20(13-11-17)29-16-23(28)26-19-6-2-1-3-7-19/h1-14H,16H2,(H,26,28)/b18-14+. The van der Waals surface area contributed by atoms with Crippen LogP contribution >= 0.6 is 11.3 Å². The van der Waals surface area contributed by atoms with Crippen LogP contribution in [0.3, 0.4) is 0 Å². The van der Waals surface area contributed by atoms with E-state index in [1.165, 1.54) is 11.3 Å². The van der Waals surface area contributed by atoms with E-state index in [4.69, 9.17) is 4.74 Å². The number of carbonyl (C=O) groups is 1. The Morgan fingerprint density at radius 2 is 1.77 bits per heavy atom. The van der Waals surface area contributed by atoms with Crippen LogP contribution < -0.4 is 10.1 Å². The number of carbonyl (C=O) groups excluding carboxylic acids is 1. The van der Waals surface area contributed by atoms with Gasteiger partial charge in [0.2, 0.25) is 0 Å². The van der Waals surface area contributed by atoms with Crippen molar-refractivity contribution in [3.05, 3.63) is 89.4 Å². The number of allylic oxidation sites excluding steroid dienone is 1. The molecule has 0 aliphatic heterocycles. The Morgan fingerprint density at radius 1 is 1.03 bits per heavy atom. The van der Waals surface area contributed by atoms with Crippen molar-refractivity contribution >= 4 is 44.8 Å². The summed E-state index contributed by atoms with van der Waals surface area (Å²) in [5.41, 5.74) is 2.97. The number of fused-ring (bicyclic) bond motifs is 1. The number of amides is 1. The largest absolute Gasteiger partial charge is 0.484 e. The molecule has 0 bridgehead atoms. The number of nitrogens with one attached hydrogen (secondary N) is 1. The van der Waals surface area contributed by atoms with Gasteiger partial charge in [0.05, 0.1) is 15.8 Å². The summed E-state index contributed by atoms with van der Waals surface area (Å²) < 4.78 is 6.59. The molecule has 1 N–H and O–H groups in total. The van der Waals surface area contributed by atoms with E-state index in [-0.39, 0.29) is 12.5 Å². The zero-order valence-electron chi connectivity index (χ0n) is 15.9. The third kappa shape index (κ3) is 4.72. The van der Waals surface area contributed by atoms with Crippen molar-refractivity contribution in [1.29, 1.82) is 5.26 Å². The second-order valence-electron chi connectivity index (χ2n) is 6.43. The quantitative estimate of drug-likeness (QED) is 0.432. The molecule has 5 nitrogen and oxygen atoms in total. The molecule has 0 atom stereocenters. The van der Waals surface area contributed by atoms with Crippen LogP contribution in [0, 0.1) is 11.3 Å². The van der Waals surface area contributed by atoms with Crippen molar-refractivity contribution in [2.45, 2.75) is 0 Å². The first-order valence-electron chi connectivity index (χ1n) is 9.27. The summed E-state index contributed by atoms with van der Waals surface area (Å²) in [6.45, 7) is -0.0841. The van der Waals surface area contributed by atoms with Crippen LogP contribution in [0.15, 0.2) is 78.9 Å². The SMILES string of the molecule is N#C/C(=C\c1ccc(OCC(=O)Nc2ccccc2)cc1)c1nc2ccccc2s1. The average Bonchev–Trinajstić information content (AvgIpc) is 3.21. The summed E-state index contributed by atoms with van der Waals surface area (Å²) in [6, 6.07) is 26.5. The van der Waals surface area contributed by atoms with Crippen LogP contribution in [0.5, 0.6) is 5.75 Å². The van der Waals surface area contributed by atoms with Crippen LogP contribution in [0.2, 0.25) is 0 Å². The van der Waals surface area contributed by atoms with E-state index in [9.17, 15) is 10.1 Å². The van der Waals surface area contributed by atoms with E-state index in [0.29, 0.717) is 16.3 Å². The lowest BCUT2D eigenvalue weighted by molar-refractivity contribution is -0.118. The van der Waals surface area contributed by atoms with E-state index < -0.39 is 0 Å². The van der Waals surface area contributed by atoms with Crippen molar-refractivity contribution in [2.75, 3.05) is 11.9 Å². The summed E-state index contributed by atoms with van der Waals surface area (Å²) >= 11 is 1.49. The Kier molecular flexibility index (Phi) is 5.83. The highest BCUT2D eigenvalue weighted by molar-refractivity contribution is 7.19. The van der Waals surface area contributed by atoms with Crippen molar-refractivity contribution in [1.82, 2.24) is 4.98 Å². The lowest BCUT2D eigenvalue weighted by Gasteiger charge is -2.07. The van der Waals surface area contributed by atoms with Crippen molar-refractivity contribution < 1.29 is 9.53 Å². The number of nitrogens with zero attached hydrogens (tertiary/aromatic N) is 2. The first kappa shape index (κ1) is 19.4. The fourth-order valence-corrected chi connectivity index (χ4v) is 3.76. The highest BCUT2D eigenvalue weighted by atomic mass is 32.1. The van der Waals surface area contributed by atoms with E-state index in [2.05, 4.69) is 16.4 Å². The van der Waals surface area contributed by atoms with Crippen molar-refractivity contribution in [2.24, 2.45) is 0 Å². The van der Waals surface area contributed by atoms with E-state index in [1.54, 1.807) is 18.2 Å². The molecule has 0 unspecified atom stereocenters. The number of hydrogen-bond donors (Lipinski definition) is 1. The van der Waals surface area contributed by atoms with Crippen LogP contribution in [-0.4, -0.2) is 17.5 Å². The molecule has 4 rings (SSSR count). The first-order valence-corrected chi connectivity index (χ1v) is 10.1. The van der Waals surface area contributed by atoms with Crippen LogP contribution in [0.1, 0.15) is 10.6 Å². The number of aromatic nitrogens is 1. The third-order valence-corrected chi connectivity index (χ3v) is 5.33. The minimum absolute atomic E-state index is 0.0841. The van der Waals surface area contributed by atoms with Gasteiger partial charge in [-0.3, -0.25) is 4.79 Å². The minimum Gasteiger partial charge on any atom is -0.484 e. The number of para-hydroxylation sites is 2. The summed E-state index contributed by atoms with van der Waals surface area (Å²) in [7, 11) is 0. The van der Waals surface area contributed by atoms with Gasteiger partial charge in [-0.2, -0.15) is 5.26 Å². The molecule has 0 spiro atoms. The van der Waals surface area contributed by atoms with Gasteiger partial charge in [0, 0.05) is 5.69 Å². The molecule has 0 aliphatic carbocycles. The Labute approximate surface area is 177 Å². The van der Waals surface area contributed by atoms with Crippen molar-refractivity contribution in [3.8, 4) is 11.8 Å². The van der Waals surface area contributed by atoms with Crippen LogP contribution in [0.25, 0.3) is 21.9 Å². The molecule has 1 aromatic heterocycles. The molecule has 4 aromatic rings. The van der Waals surface area contributed by atoms with E-state index in [0.717, 1.165) is 21.5 Å². The highest BCUT2D eigenvalue weighted by Gasteiger charge is 2.09. The number of benzene rings is 3.